The number of aliphatic hydroxyl groups excluding tert-OH is 2. The SMILES string of the molecule is CC(CO)CN1CCCC1C1CCCC1O. The van der Waals surface area contributed by atoms with E-state index in [2.05, 4.69) is 11.8 Å². The summed E-state index contributed by atoms with van der Waals surface area (Å²) in [4.78, 5) is 2.50. The van der Waals surface area contributed by atoms with Crippen LogP contribution in [0.25, 0.3) is 0 Å². The molecule has 2 rings (SSSR count). The lowest BCUT2D eigenvalue weighted by molar-refractivity contribution is 0.0642. The van der Waals surface area contributed by atoms with Gasteiger partial charge in [-0.25, -0.2) is 0 Å². The van der Waals surface area contributed by atoms with Crippen LogP contribution in [0, 0.1) is 11.8 Å². The summed E-state index contributed by atoms with van der Waals surface area (Å²) >= 11 is 0. The van der Waals surface area contributed by atoms with Gasteiger partial charge in [0.2, 0.25) is 0 Å². The summed E-state index contributed by atoms with van der Waals surface area (Å²) in [5.41, 5.74) is 0. The van der Waals surface area contributed by atoms with Gasteiger partial charge in [0.05, 0.1) is 6.10 Å². The molecule has 0 radical (unpaired) electrons. The molecule has 2 N–H and O–H groups in total. The van der Waals surface area contributed by atoms with E-state index in [9.17, 15) is 5.11 Å². The third kappa shape index (κ3) is 2.58. The van der Waals surface area contributed by atoms with Crippen LogP contribution in [0.2, 0.25) is 0 Å². The third-order valence-corrected chi connectivity index (χ3v) is 4.30. The first kappa shape index (κ1) is 12.3. The molecular formula is C13H25NO2. The van der Waals surface area contributed by atoms with Crippen molar-refractivity contribution in [2.45, 2.75) is 51.2 Å². The first-order chi connectivity index (χ1) is 7.72. The first-order valence-corrected chi connectivity index (χ1v) is 6.75. The molecule has 1 heterocycles. The Kier molecular flexibility index (Phi) is 4.22. The van der Waals surface area contributed by atoms with Crippen LogP contribution in [0.4, 0.5) is 0 Å². The molecule has 0 aromatic heterocycles. The van der Waals surface area contributed by atoms with Gasteiger partial charge in [-0.3, -0.25) is 4.90 Å². The Morgan fingerprint density at radius 1 is 1.25 bits per heavy atom. The van der Waals surface area contributed by atoms with Gasteiger partial charge in [0, 0.05) is 25.1 Å². The number of hydrogen-bond acceptors (Lipinski definition) is 3. The molecule has 94 valence electrons. The van der Waals surface area contributed by atoms with E-state index in [1.54, 1.807) is 0 Å². The predicted octanol–water partition coefficient (Wildman–Crippen LogP) is 1.24. The fourth-order valence-corrected chi connectivity index (χ4v) is 3.44. The highest BCUT2D eigenvalue weighted by Gasteiger charge is 2.38. The van der Waals surface area contributed by atoms with Crippen LogP contribution >= 0.6 is 0 Å². The Bertz CT molecular complexity index is 222. The van der Waals surface area contributed by atoms with Crippen molar-refractivity contribution in [2.75, 3.05) is 19.7 Å². The average molecular weight is 227 g/mol. The Morgan fingerprint density at radius 2 is 2.06 bits per heavy atom. The van der Waals surface area contributed by atoms with Crippen LogP contribution in [-0.4, -0.2) is 47.0 Å². The van der Waals surface area contributed by atoms with Gasteiger partial charge in [-0.15, -0.1) is 0 Å². The molecule has 4 atom stereocenters. The summed E-state index contributed by atoms with van der Waals surface area (Å²) in [5, 5.41) is 19.1. The molecule has 16 heavy (non-hydrogen) atoms. The van der Waals surface area contributed by atoms with Crippen molar-refractivity contribution in [1.29, 1.82) is 0 Å². The maximum atomic E-state index is 9.98. The van der Waals surface area contributed by atoms with Gasteiger partial charge in [-0.2, -0.15) is 0 Å². The van der Waals surface area contributed by atoms with Crippen LogP contribution < -0.4 is 0 Å². The molecule has 1 aliphatic carbocycles. The summed E-state index contributed by atoms with van der Waals surface area (Å²) in [6.07, 6.45) is 5.79. The zero-order valence-electron chi connectivity index (χ0n) is 10.3. The molecule has 3 heteroatoms. The lowest BCUT2D eigenvalue weighted by atomic mass is 9.93. The van der Waals surface area contributed by atoms with E-state index < -0.39 is 0 Å². The Morgan fingerprint density at radius 3 is 2.69 bits per heavy atom. The average Bonchev–Trinajstić information content (AvgIpc) is 2.86. The van der Waals surface area contributed by atoms with Crippen molar-refractivity contribution in [3.8, 4) is 0 Å². The maximum absolute atomic E-state index is 9.98. The van der Waals surface area contributed by atoms with Crippen LogP contribution in [0.3, 0.4) is 0 Å². The molecule has 0 aromatic rings. The van der Waals surface area contributed by atoms with Crippen LogP contribution in [0.1, 0.15) is 39.0 Å². The second-order valence-corrected chi connectivity index (χ2v) is 5.65. The molecule has 4 unspecified atom stereocenters. The molecule has 0 amide bonds. The maximum Gasteiger partial charge on any atom is 0.0583 e. The van der Waals surface area contributed by atoms with Crippen molar-refractivity contribution in [3.63, 3.8) is 0 Å². The van der Waals surface area contributed by atoms with Crippen molar-refractivity contribution < 1.29 is 10.2 Å². The largest absolute Gasteiger partial charge is 0.396 e. The Hall–Kier alpha value is -0.120. The topological polar surface area (TPSA) is 43.7 Å². The smallest absolute Gasteiger partial charge is 0.0583 e. The fourth-order valence-electron chi connectivity index (χ4n) is 3.44. The summed E-state index contributed by atoms with van der Waals surface area (Å²) in [7, 11) is 0. The predicted molar refractivity (Wildman–Crippen MR) is 64.2 cm³/mol. The monoisotopic (exact) mass is 227 g/mol. The fraction of sp³-hybridized carbons (Fsp3) is 1.00. The minimum absolute atomic E-state index is 0.0740. The zero-order chi connectivity index (χ0) is 11.5. The highest BCUT2D eigenvalue weighted by molar-refractivity contribution is 4.91. The summed E-state index contributed by atoms with van der Waals surface area (Å²) < 4.78 is 0. The highest BCUT2D eigenvalue weighted by atomic mass is 16.3. The van der Waals surface area contributed by atoms with Gasteiger partial charge in [-0.1, -0.05) is 13.3 Å². The molecule has 0 bridgehead atoms. The molecule has 2 fully saturated rings. The number of hydrogen-bond donors (Lipinski definition) is 2. The summed E-state index contributed by atoms with van der Waals surface area (Å²) in [5.74, 6) is 0.854. The van der Waals surface area contributed by atoms with Gasteiger partial charge >= 0.3 is 0 Å². The second-order valence-electron chi connectivity index (χ2n) is 5.65. The van der Waals surface area contributed by atoms with Crippen LogP contribution in [0.15, 0.2) is 0 Å². The third-order valence-electron chi connectivity index (χ3n) is 4.30. The van der Waals surface area contributed by atoms with Gasteiger partial charge in [-0.05, 0) is 38.1 Å². The summed E-state index contributed by atoms with van der Waals surface area (Å²) in [6.45, 7) is 4.51. The number of likely N-dealkylation sites (tertiary alicyclic amines) is 1. The van der Waals surface area contributed by atoms with Crippen molar-refractivity contribution in [1.82, 2.24) is 4.90 Å². The highest BCUT2D eigenvalue weighted by Crippen LogP contribution is 2.35. The van der Waals surface area contributed by atoms with Crippen molar-refractivity contribution >= 4 is 0 Å². The van der Waals surface area contributed by atoms with Gasteiger partial charge < -0.3 is 10.2 Å². The van der Waals surface area contributed by atoms with Crippen LogP contribution in [0.5, 0.6) is 0 Å². The Labute approximate surface area is 98.5 Å². The minimum atomic E-state index is -0.0740. The lowest BCUT2D eigenvalue weighted by Gasteiger charge is -2.32. The summed E-state index contributed by atoms with van der Waals surface area (Å²) in [6, 6.07) is 0.575. The van der Waals surface area contributed by atoms with Crippen molar-refractivity contribution in [3.05, 3.63) is 0 Å². The van der Waals surface area contributed by atoms with Gasteiger partial charge in [0.15, 0.2) is 0 Å². The lowest BCUT2D eigenvalue weighted by Crippen LogP contribution is -2.41. The van der Waals surface area contributed by atoms with E-state index in [0.29, 0.717) is 17.9 Å². The van der Waals surface area contributed by atoms with E-state index in [1.165, 1.54) is 25.7 Å². The van der Waals surface area contributed by atoms with Crippen LogP contribution in [-0.2, 0) is 0 Å². The van der Waals surface area contributed by atoms with E-state index in [0.717, 1.165) is 19.5 Å². The second kappa shape index (κ2) is 5.48. The molecule has 3 nitrogen and oxygen atoms in total. The Balaban J connectivity index is 1.92. The van der Waals surface area contributed by atoms with E-state index >= 15 is 0 Å². The van der Waals surface area contributed by atoms with Gasteiger partial charge in [0.1, 0.15) is 0 Å². The van der Waals surface area contributed by atoms with E-state index in [1.807, 2.05) is 0 Å². The first-order valence-electron chi connectivity index (χ1n) is 6.75. The molecule has 0 spiro atoms. The minimum Gasteiger partial charge on any atom is -0.396 e. The molecule has 1 aliphatic heterocycles. The van der Waals surface area contributed by atoms with E-state index in [-0.39, 0.29) is 12.7 Å². The molecular weight excluding hydrogens is 202 g/mol. The number of nitrogens with zero attached hydrogens (tertiary/aromatic N) is 1. The standard InChI is InChI=1S/C13H25NO2/c1-10(9-15)8-14-7-3-5-12(14)11-4-2-6-13(11)16/h10-13,15-16H,2-9H2,1H3. The van der Waals surface area contributed by atoms with E-state index in [4.69, 9.17) is 5.11 Å². The number of aliphatic hydroxyl groups is 2. The number of rotatable bonds is 4. The van der Waals surface area contributed by atoms with Crippen molar-refractivity contribution in [2.24, 2.45) is 11.8 Å². The molecule has 0 aromatic carbocycles. The van der Waals surface area contributed by atoms with Gasteiger partial charge in [0.25, 0.3) is 0 Å². The molecule has 1 saturated heterocycles. The molecule has 2 aliphatic rings. The quantitative estimate of drug-likeness (QED) is 0.759. The zero-order valence-corrected chi connectivity index (χ0v) is 10.3. The molecule has 1 saturated carbocycles. The normalized spacial score (nSPS) is 38.1.